The van der Waals surface area contributed by atoms with Crippen molar-refractivity contribution in [2.24, 2.45) is 7.05 Å². The van der Waals surface area contributed by atoms with Crippen LogP contribution >= 0.6 is 0 Å². The minimum absolute atomic E-state index is 0.197. The second-order valence-corrected chi connectivity index (χ2v) is 6.55. The van der Waals surface area contributed by atoms with E-state index in [4.69, 9.17) is 4.74 Å². The smallest absolute Gasteiger partial charge is 0.248 e. The van der Waals surface area contributed by atoms with Crippen molar-refractivity contribution < 1.29 is 9.53 Å². The third kappa shape index (κ3) is 6.10. The Hall–Kier alpha value is -3.29. The average molecular weight is 391 g/mol. The molecule has 0 bridgehead atoms. The first-order chi connectivity index (χ1) is 14.2. The largest absolute Gasteiger partial charge is 0.383 e. The van der Waals surface area contributed by atoms with E-state index >= 15 is 0 Å². The zero-order valence-electron chi connectivity index (χ0n) is 16.6. The average Bonchev–Trinajstić information content (AvgIpc) is 3.17. The molecule has 0 unspecified atom stereocenters. The Balaban J connectivity index is 1.59. The first-order valence-corrected chi connectivity index (χ1v) is 9.36. The maximum atomic E-state index is 12.3. The van der Waals surface area contributed by atoms with Crippen molar-refractivity contribution in [2.45, 2.75) is 6.54 Å². The molecule has 0 atom stereocenters. The van der Waals surface area contributed by atoms with E-state index in [0.717, 1.165) is 41.0 Å². The van der Waals surface area contributed by atoms with E-state index < -0.39 is 0 Å². The van der Waals surface area contributed by atoms with Crippen LogP contribution in [-0.4, -0.2) is 40.9 Å². The highest BCUT2D eigenvalue weighted by atomic mass is 16.5. The molecule has 7 nitrogen and oxygen atoms in total. The number of aromatic nitrogens is 3. The Bertz CT molecular complexity index is 963. The fraction of sp³-hybridized carbons (Fsp3) is 0.227. The van der Waals surface area contributed by atoms with Gasteiger partial charge in [0, 0.05) is 68.7 Å². The van der Waals surface area contributed by atoms with E-state index in [2.05, 4.69) is 20.7 Å². The number of ether oxygens (including phenoxy) is 1. The lowest BCUT2D eigenvalue weighted by atomic mass is 10.0. The second kappa shape index (κ2) is 10.3. The molecule has 3 rings (SSSR count). The van der Waals surface area contributed by atoms with Gasteiger partial charge >= 0.3 is 0 Å². The monoisotopic (exact) mass is 391 g/mol. The minimum Gasteiger partial charge on any atom is -0.383 e. The van der Waals surface area contributed by atoms with Gasteiger partial charge < -0.3 is 15.4 Å². The van der Waals surface area contributed by atoms with Crippen LogP contribution in [0.5, 0.6) is 0 Å². The molecule has 0 fully saturated rings. The summed E-state index contributed by atoms with van der Waals surface area (Å²) >= 11 is 0. The summed E-state index contributed by atoms with van der Waals surface area (Å²) < 4.78 is 6.75. The van der Waals surface area contributed by atoms with Crippen LogP contribution in [-0.2, 0) is 23.1 Å². The van der Waals surface area contributed by atoms with E-state index in [1.54, 1.807) is 36.5 Å². The van der Waals surface area contributed by atoms with Crippen LogP contribution in [0.4, 0.5) is 5.69 Å². The number of rotatable bonds is 9. The highest BCUT2D eigenvalue weighted by Crippen LogP contribution is 2.23. The molecule has 7 heteroatoms. The van der Waals surface area contributed by atoms with Crippen LogP contribution in [0.15, 0.2) is 61.2 Å². The van der Waals surface area contributed by atoms with Crippen LogP contribution in [0, 0.1) is 0 Å². The molecular formula is C22H25N5O2. The molecular weight excluding hydrogens is 366 g/mol. The molecule has 0 aliphatic rings. The summed E-state index contributed by atoms with van der Waals surface area (Å²) in [6, 6.07) is 9.67. The van der Waals surface area contributed by atoms with Gasteiger partial charge in [0.05, 0.1) is 12.8 Å². The summed E-state index contributed by atoms with van der Waals surface area (Å²) in [6.07, 6.45) is 10.5. The number of hydrogen-bond acceptors (Lipinski definition) is 5. The molecule has 3 aromatic rings. The predicted octanol–water partition coefficient (Wildman–Crippen LogP) is 2.87. The molecule has 0 saturated heterocycles. The molecule has 150 valence electrons. The third-order valence-corrected chi connectivity index (χ3v) is 4.32. The highest BCUT2D eigenvalue weighted by Gasteiger charge is 2.06. The molecule has 1 amide bonds. The summed E-state index contributed by atoms with van der Waals surface area (Å²) in [5.74, 6) is -0.197. The number of benzene rings is 1. The fourth-order valence-electron chi connectivity index (χ4n) is 2.82. The molecule has 0 spiro atoms. The van der Waals surface area contributed by atoms with Crippen LogP contribution in [0.25, 0.3) is 17.2 Å². The van der Waals surface area contributed by atoms with Gasteiger partial charge in [-0.2, -0.15) is 5.10 Å². The van der Waals surface area contributed by atoms with Crippen LogP contribution in [0.1, 0.15) is 11.1 Å². The lowest BCUT2D eigenvalue weighted by Gasteiger charge is -2.06. The fourth-order valence-corrected chi connectivity index (χ4v) is 2.82. The van der Waals surface area contributed by atoms with Gasteiger partial charge in [0.25, 0.3) is 0 Å². The van der Waals surface area contributed by atoms with E-state index in [-0.39, 0.29) is 5.91 Å². The number of methoxy groups -OCH3 is 1. The number of nitrogens with zero attached hydrogens (tertiary/aromatic N) is 3. The Kier molecular flexibility index (Phi) is 7.27. The zero-order chi connectivity index (χ0) is 20.5. The number of pyridine rings is 1. The van der Waals surface area contributed by atoms with Gasteiger partial charge in [0.2, 0.25) is 5.91 Å². The Morgan fingerprint density at radius 1 is 1.21 bits per heavy atom. The van der Waals surface area contributed by atoms with Crippen molar-refractivity contribution in [2.75, 3.05) is 25.6 Å². The molecule has 2 heterocycles. The SMILES string of the molecule is COCCNCc1ccc(NC(=O)/C=C/c2cnccc2-c2cnn(C)c2)cc1. The lowest BCUT2D eigenvalue weighted by molar-refractivity contribution is -0.111. The van der Waals surface area contributed by atoms with Crippen LogP contribution in [0.2, 0.25) is 0 Å². The van der Waals surface area contributed by atoms with Crippen molar-refractivity contribution in [1.82, 2.24) is 20.1 Å². The van der Waals surface area contributed by atoms with Gasteiger partial charge in [-0.05, 0) is 35.4 Å². The summed E-state index contributed by atoms with van der Waals surface area (Å²) in [7, 11) is 3.55. The molecule has 2 N–H and O–H groups in total. The predicted molar refractivity (Wildman–Crippen MR) is 114 cm³/mol. The maximum absolute atomic E-state index is 12.3. The van der Waals surface area contributed by atoms with Gasteiger partial charge in [0.15, 0.2) is 0 Å². The summed E-state index contributed by atoms with van der Waals surface area (Å²) in [6.45, 7) is 2.24. The second-order valence-electron chi connectivity index (χ2n) is 6.55. The number of hydrogen-bond donors (Lipinski definition) is 2. The number of carbonyl (C=O) groups excluding carboxylic acids is 1. The molecule has 2 aromatic heterocycles. The van der Waals surface area contributed by atoms with Gasteiger partial charge in [-0.25, -0.2) is 0 Å². The van der Waals surface area contributed by atoms with Crippen molar-refractivity contribution in [3.63, 3.8) is 0 Å². The van der Waals surface area contributed by atoms with E-state index in [1.165, 1.54) is 6.08 Å². The zero-order valence-corrected chi connectivity index (χ0v) is 16.6. The van der Waals surface area contributed by atoms with Gasteiger partial charge in [-0.15, -0.1) is 0 Å². The normalized spacial score (nSPS) is 11.1. The van der Waals surface area contributed by atoms with E-state index in [1.807, 2.05) is 43.6 Å². The molecule has 0 radical (unpaired) electrons. The molecule has 29 heavy (non-hydrogen) atoms. The lowest BCUT2D eigenvalue weighted by Crippen LogP contribution is -2.18. The van der Waals surface area contributed by atoms with Crippen molar-refractivity contribution in [3.05, 3.63) is 72.3 Å². The first kappa shape index (κ1) is 20.4. The number of aryl methyl sites for hydroxylation is 1. The Morgan fingerprint density at radius 3 is 2.76 bits per heavy atom. The number of nitrogens with one attached hydrogen (secondary N) is 2. The topological polar surface area (TPSA) is 81.1 Å². The van der Waals surface area contributed by atoms with E-state index in [9.17, 15) is 4.79 Å². The quantitative estimate of drug-likeness (QED) is 0.433. The molecule has 0 aliphatic carbocycles. The minimum atomic E-state index is -0.197. The highest BCUT2D eigenvalue weighted by molar-refractivity contribution is 6.02. The maximum Gasteiger partial charge on any atom is 0.248 e. The van der Waals surface area contributed by atoms with Gasteiger partial charge in [-0.1, -0.05) is 12.1 Å². The van der Waals surface area contributed by atoms with Crippen LogP contribution < -0.4 is 10.6 Å². The Labute approximate surface area is 170 Å². The molecule has 0 saturated carbocycles. The Morgan fingerprint density at radius 2 is 2.03 bits per heavy atom. The van der Waals surface area contributed by atoms with Crippen molar-refractivity contribution in [1.29, 1.82) is 0 Å². The summed E-state index contributed by atoms with van der Waals surface area (Å²) in [4.78, 5) is 16.5. The van der Waals surface area contributed by atoms with Gasteiger partial charge in [-0.3, -0.25) is 14.5 Å². The summed E-state index contributed by atoms with van der Waals surface area (Å²) in [5, 5.41) is 10.4. The van der Waals surface area contributed by atoms with Crippen molar-refractivity contribution >= 4 is 17.7 Å². The number of carbonyl (C=O) groups is 1. The molecule has 1 aromatic carbocycles. The molecule has 0 aliphatic heterocycles. The number of amides is 1. The summed E-state index contributed by atoms with van der Waals surface area (Å²) in [5.41, 5.74) is 4.70. The number of anilines is 1. The standard InChI is InChI=1S/C22H25N5O2/c1-27-16-19(15-25-27)21-9-10-23-14-18(21)5-8-22(28)26-20-6-3-17(4-7-20)13-24-11-12-29-2/h3-10,14-16,24H,11-13H2,1-2H3,(H,26,28)/b8-5+. The van der Waals surface area contributed by atoms with E-state index in [0.29, 0.717) is 6.61 Å². The van der Waals surface area contributed by atoms with Gasteiger partial charge in [0.1, 0.15) is 0 Å². The first-order valence-electron chi connectivity index (χ1n) is 9.36. The van der Waals surface area contributed by atoms with Crippen LogP contribution in [0.3, 0.4) is 0 Å². The van der Waals surface area contributed by atoms with Crippen molar-refractivity contribution in [3.8, 4) is 11.1 Å². The third-order valence-electron chi connectivity index (χ3n) is 4.32.